The second kappa shape index (κ2) is 8.27. The van der Waals surface area contributed by atoms with Gasteiger partial charge in [0.05, 0.1) is 19.3 Å². The molecule has 126 valence electrons. The predicted molar refractivity (Wildman–Crippen MR) is 84.7 cm³/mol. The fourth-order valence-electron chi connectivity index (χ4n) is 3.99. The van der Waals surface area contributed by atoms with Crippen molar-refractivity contribution in [3.63, 3.8) is 0 Å². The van der Waals surface area contributed by atoms with Crippen LogP contribution in [-0.2, 0) is 14.3 Å². The number of rotatable bonds is 7. The van der Waals surface area contributed by atoms with Gasteiger partial charge in [-0.25, -0.2) is 0 Å². The van der Waals surface area contributed by atoms with Gasteiger partial charge >= 0.3 is 0 Å². The molecule has 0 spiro atoms. The van der Waals surface area contributed by atoms with Gasteiger partial charge in [-0.05, 0) is 38.0 Å². The Morgan fingerprint density at radius 1 is 1.27 bits per heavy atom. The predicted octanol–water partition coefficient (Wildman–Crippen LogP) is 1.47. The Balaban J connectivity index is 1.23. The Labute approximate surface area is 133 Å². The van der Waals surface area contributed by atoms with Crippen molar-refractivity contribution in [2.75, 3.05) is 33.0 Å². The minimum atomic E-state index is 0.0321. The Kier molecular flexibility index (Phi) is 6.10. The Morgan fingerprint density at radius 3 is 3.00 bits per heavy atom. The monoisotopic (exact) mass is 310 g/mol. The van der Waals surface area contributed by atoms with E-state index in [1.54, 1.807) is 0 Å². The minimum absolute atomic E-state index is 0.0321. The molecule has 3 fully saturated rings. The van der Waals surface area contributed by atoms with Crippen LogP contribution in [0, 0.1) is 11.8 Å². The van der Waals surface area contributed by atoms with Gasteiger partial charge in [0.15, 0.2) is 0 Å². The highest BCUT2D eigenvalue weighted by atomic mass is 16.5. The van der Waals surface area contributed by atoms with Crippen LogP contribution >= 0.6 is 0 Å². The number of carbonyl (C=O) groups excluding carboxylic acids is 1. The molecular weight excluding hydrogens is 280 g/mol. The molecule has 4 unspecified atom stereocenters. The molecule has 0 aromatic heterocycles. The highest BCUT2D eigenvalue weighted by molar-refractivity contribution is 5.82. The number of carbonyl (C=O) groups is 1. The molecule has 0 radical (unpaired) electrons. The average molecular weight is 310 g/mol. The molecule has 1 saturated carbocycles. The number of hydrogen-bond donors (Lipinski definition) is 2. The standard InChI is InChI=1S/C17H30N2O3/c20-17(16-10-14-4-1-2-5-15(14)19-16)18-7-3-8-21-11-13-6-9-22-12-13/h13-16,19H,1-12H2,(H,18,20). The van der Waals surface area contributed by atoms with Crippen LogP contribution in [0.25, 0.3) is 0 Å². The van der Waals surface area contributed by atoms with E-state index in [-0.39, 0.29) is 11.9 Å². The van der Waals surface area contributed by atoms with E-state index in [0.29, 0.717) is 18.5 Å². The van der Waals surface area contributed by atoms with Gasteiger partial charge in [-0.15, -0.1) is 0 Å². The summed E-state index contributed by atoms with van der Waals surface area (Å²) in [6.45, 7) is 3.95. The second-order valence-corrected chi connectivity index (χ2v) is 7.06. The van der Waals surface area contributed by atoms with E-state index in [1.807, 2.05) is 0 Å². The lowest BCUT2D eigenvalue weighted by Gasteiger charge is -2.24. The topological polar surface area (TPSA) is 59.6 Å². The summed E-state index contributed by atoms with van der Waals surface area (Å²) >= 11 is 0. The molecule has 1 amide bonds. The van der Waals surface area contributed by atoms with Gasteiger partial charge < -0.3 is 20.1 Å². The summed E-state index contributed by atoms with van der Waals surface area (Å²) in [5.41, 5.74) is 0. The summed E-state index contributed by atoms with van der Waals surface area (Å²) in [4.78, 5) is 12.2. The smallest absolute Gasteiger partial charge is 0.237 e. The summed E-state index contributed by atoms with van der Waals surface area (Å²) in [7, 11) is 0. The summed E-state index contributed by atoms with van der Waals surface area (Å²) in [6.07, 6.45) is 8.21. The van der Waals surface area contributed by atoms with Crippen LogP contribution in [0.3, 0.4) is 0 Å². The zero-order valence-electron chi connectivity index (χ0n) is 13.5. The Morgan fingerprint density at radius 2 is 2.18 bits per heavy atom. The summed E-state index contributed by atoms with van der Waals surface area (Å²) in [5, 5.41) is 6.58. The molecule has 0 bridgehead atoms. The van der Waals surface area contributed by atoms with Gasteiger partial charge in [0.25, 0.3) is 0 Å². The molecule has 4 atom stereocenters. The van der Waals surface area contributed by atoms with Crippen LogP contribution < -0.4 is 10.6 Å². The highest BCUT2D eigenvalue weighted by Gasteiger charge is 2.37. The fourth-order valence-corrected chi connectivity index (χ4v) is 3.99. The maximum atomic E-state index is 12.2. The largest absolute Gasteiger partial charge is 0.381 e. The first-order valence-electron chi connectivity index (χ1n) is 9.02. The van der Waals surface area contributed by atoms with Crippen LogP contribution in [-0.4, -0.2) is 51.0 Å². The van der Waals surface area contributed by atoms with Crippen molar-refractivity contribution in [3.05, 3.63) is 0 Å². The molecule has 2 aliphatic heterocycles. The molecule has 2 heterocycles. The summed E-state index contributed by atoms with van der Waals surface area (Å²) in [5.74, 6) is 1.47. The van der Waals surface area contributed by atoms with Crippen LogP contribution in [0.15, 0.2) is 0 Å². The Hall–Kier alpha value is -0.650. The Bertz CT molecular complexity index is 344. The molecule has 5 heteroatoms. The van der Waals surface area contributed by atoms with Crippen LogP contribution in [0.1, 0.15) is 44.9 Å². The van der Waals surface area contributed by atoms with E-state index < -0.39 is 0 Å². The number of fused-ring (bicyclic) bond motifs is 1. The maximum Gasteiger partial charge on any atom is 0.237 e. The van der Waals surface area contributed by atoms with Crippen LogP contribution in [0.2, 0.25) is 0 Å². The summed E-state index contributed by atoms with van der Waals surface area (Å²) < 4.78 is 11.0. The summed E-state index contributed by atoms with van der Waals surface area (Å²) in [6, 6.07) is 0.617. The van der Waals surface area contributed by atoms with Gasteiger partial charge in [-0.1, -0.05) is 12.8 Å². The third-order valence-electron chi connectivity index (χ3n) is 5.32. The molecule has 3 rings (SSSR count). The van der Waals surface area contributed by atoms with E-state index in [4.69, 9.17) is 9.47 Å². The van der Waals surface area contributed by atoms with E-state index in [0.717, 1.165) is 51.6 Å². The normalized spacial score (nSPS) is 34.5. The molecular formula is C17H30N2O3. The molecule has 2 N–H and O–H groups in total. The molecule has 22 heavy (non-hydrogen) atoms. The van der Waals surface area contributed by atoms with E-state index in [2.05, 4.69) is 10.6 Å². The van der Waals surface area contributed by atoms with Crippen LogP contribution in [0.5, 0.6) is 0 Å². The van der Waals surface area contributed by atoms with Crippen molar-refractivity contribution in [1.29, 1.82) is 0 Å². The maximum absolute atomic E-state index is 12.2. The molecule has 1 aliphatic carbocycles. The lowest BCUT2D eigenvalue weighted by atomic mass is 9.85. The second-order valence-electron chi connectivity index (χ2n) is 7.06. The van der Waals surface area contributed by atoms with Crippen molar-refractivity contribution in [1.82, 2.24) is 10.6 Å². The van der Waals surface area contributed by atoms with Crippen molar-refractivity contribution in [2.45, 2.75) is 57.0 Å². The van der Waals surface area contributed by atoms with Gasteiger partial charge in [0.2, 0.25) is 5.91 Å². The minimum Gasteiger partial charge on any atom is -0.381 e. The SMILES string of the molecule is O=C(NCCCOCC1CCOC1)C1CC2CCCCC2N1. The van der Waals surface area contributed by atoms with E-state index >= 15 is 0 Å². The zero-order chi connectivity index (χ0) is 15.2. The average Bonchev–Trinajstić information content (AvgIpc) is 3.19. The first kappa shape index (κ1) is 16.2. The van der Waals surface area contributed by atoms with Crippen molar-refractivity contribution in [2.24, 2.45) is 11.8 Å². The van der Waals surface area contributed by atoms with Crippen molar-refractivity contribution < 1.29 is 14.3 Å². The first-order chi connectivity index (χ1) is 10.8. The zero-order valence-corrected chi connectivity index (χ0v) is 13.5. The lowest BCUT2D eigenvalue weighted by molar-refractivity contribution is -0.122. The number of amides is 1. The van der Waals surface area contributed by atoms with Crippen LogP contribution in [0.4, 0.5) is 0 Å². The molecule has 0 aromatic carbocycles. The lowest BCUT2D eigenvalue weighted by Crippen LogP contribution is -2.43. The fraction of sp³-hybridized carbons (Fsp3) is 0.941. The van der Waals surface area contributed by atoms with Gasteiger partial charge in [-0.2, -0.15) is 0 Å². The number of nitrogens with one attached hydrogen (secondary N) is 2. The third kappa shape index (κ3) is 4.43. The molecule has 3 aliphatic rings. The third-order valence-corrected chi connectivity index (χ3v) is 5.32. The highest BCUT2D eigenvalue weighted by Crippen LogP contribution is 2.33. The molecule has 2 saturated heterocycles. The number of ether oxygens (including phenoxy) is 2. The first-order valence-corrected chi connectivity index (χ1v) is 9.02. The van der Waals surface area contributed by atoms with Crippen molar-refractivity contribution in [3.8, 4) is 0 Å². The number of hydrogen-bond acceptors (Lipinski definition) is 4. The molecule has 0 aromatic rings. The van der Waals surface area contributed by atoms with Crippen molar-refractivity contribution >= 4 is 5.91 Å². The van der Waals surface area contributed by atoms with Gasteiger partial charge in [0, 0.05) is 31.7 Å². The van der Waals surface area contributed by atoms with E-state index in [9.17, 15) is 4.79 Å². The van der Waals surface area contributed by atoms with E-state index in [1.165, 1.54) is 25.7 Å². The molecule has 5 nitrogen and oxygen atoms in total. The quantitative estimate of drug-likeness (QED) is 0.699. The van der Waals surface area contributed by atoms with Gasteiger partial charge in [-0.3, -0.25) is 4.79 Å². The van der Waals surface area contributed by atoms with Gasteiger partial charge in [0.1, 0.15) is 0 Å².